The summed E-state index contributed by atoms with van der Waals surface area (Å²) in [5.41, 5.74) is 7.32. The number of carbonyl (C=O) groups excluding carboxylic acids is 1. The quantitative estimate of drug-likeness (QED) is 0.885. The number of benzene rings is 1. The number of hydrogen-bond acceptors (Lipinski definition) is 4. The predicted molar refractivity (Wildman–Crippen MR) is 92.7 cm³/mol. The van der Waals surface area contributed by atoms with Crippen molar-refractivity contribution in [1.29, 1.82) is 0 Å². The zero-order chi connectivity index (χ0) is 14.7. The maximum atomic E-state index is 12.3. The molecule has 2 aliphatic heterocycles. The van der Waals surface area contributed by atoms with Gasteiger partial charge in [0.1, 0.15) is 0 Å². The van der Waals surface area contributed by atoms with Crippen molar-refractivity contribution < 1.29 is 9.53 Å². The summed E-state index contributed by atoms with van der Waals surface area (Å²) in [5, 5.41) is 3.16. The average Bonchev–Trinajstić information content (AvgIpc) is 2.95. The number of halogens is 1. The van der Waals surface area contributed by atoms with E-state index in [4.69, 9.17) is 10.5 Å². The third-order valence-electron chi connectivity index (χ3n) is 4.35. The van der Waals surface area contributed by atoms with Crippen LogP contribution in [-0.2, 0) is 11.3 Å². The van der Waals surface area contributed by atoms with Gasteiger partial charge in [-0.15, -0.1) is 12.4 Å². The molecule has 0 aliphatic carbocycles. The van der Waals surface area contributed by atoms with Gasteiger partial charge in [-0.1, -0.05) is 12.1 Å². The molecule has 0 radical (unpaired) electrons. The molecule has 3 rings (SSSR count). The third-order valence-corrected chi connectivity index (χ3v) is 5.57. The molecule has 0 aromatic heterocycles. The van der Waals surface area contributed by atoms with Crippen molar-refractivity contribution in [2.75, 3.05) is 18.1 Å². The van der Waals surface area contributed by atoms with E-state index in [1.807, 2.05) is 36.0 Å². The van der Waals surface area contributed by atoms with Crippen LogP contribution in [0.15, 0.2) is 24.3 Å². The van der Waals surface area contributed by atoms with Gasteiger partial charge in [0.25, 0.3) is 5.91 Å². The van der Waals surface area contributed by atoms with Crippen molar-refractivity contribution in [3.8, 4) is 0 Å². The monoisotopic (exact) mass is 342 g/mol. The lowest BCUT2D eigenvalue weighted by molar-refractivity contribution is -0.0688. The van der Waals surface area contributed by atoms with Crippen LogP contribution >= 0.6 is 24.2 Å². The minimum absolute atomic E-state index is 0. The first kappa shape index (κ1) is 17.6. The number of nitrogens with one attached hydrogen (secondary N) is 1. The molecule has 4 nitrogen and oxygen atoms in total. The molecule has 3 N–H and O–H groups in total. The van der Waals surface area contributed by atoms with Crippen molar-refractivity contribution in [1.82, 2.24) is 5.32 Å². The van der Waals surface area contributed by atoms with Gasteiger partial charge in [-0.2, -0.15) is 11.8 Å². The number of carbonyl (C=O) groups is 1. The lowest BCUT2D eigenvalue weighted by Gasteiger charge is -2.38. The Kier molecular flexibility index (Phi) is 6.15. The molecule has 2 atom stereocenters. The SMILES string of the molecule is Cl.NCc1ccc(C(=O)NC2CCOC3(CCSC3)C2)cc1. The van der Waals surface area contributed by atoms with Gasteiger partial charge in [0.15, 0.2) is 0 Å². The fourth-order valence-electron chi connectivity index (χ4n) is 3.08. The Morgan fingerprint density at radius 2 is 2.18 bits per heavy atom. The fraction of sp³-hybridized carbons (Fsp3) is 0.562. The second kappa shape index (κ2) is 7.68. The molecule has 2 saturated heterocycles. The van der Waals surface area contributed by atoms with E-state index in [-0.39, 0.29) is 30.0 Å². The molecule has 0 bridgehead atoms. The Balaban J connectivity index is 0.00000176. The normalized spacial score (nSPS) is 27.4. The first-order valence-corrected chi connectivity index (χ1v) is 8.68. The molecule has 22 heavy (non-hydrogen) atoms. The van der Waals surface area contributed by atoms with Crippen molar-refractivity contribution in [3.63, 3.8) is 0 Å². The predicted octanol–water partition coefficient (Wildman–Crippen LogP) is 2.35. The second-order valence-electron chi connectivity index (χ2n) is 5.90. The molecular weight excluding hydrogens is 320 g/mol. The minimum Gasteiger partial charge on any atom is -0.374 e. The van der Waals surface area contributed by atoms with Gasteiger partial charge in [0.2, 0.25) is 0 Å². The third kappa shape index (κ3) is 3.96. The van der Waals surface area contributed by atoms with E-state index in [2.05, 4.69) is 5.32 Å². The molecular formula is C16H23ClN2O2S. The van der Waals surface area contributed by atoms with Crippen LogP contribution in [0.25, 0.3) is 0 Å². The van der Waals surface area contributed by atoms with Crippen LogP contribution in [0.1, 0.15) is 35.2 Å². The van der Waals surface area contributed by atoms with E-state index in [9.17, 15) is 4.79 Å². The molecule has 2 unspecified atom stereocenters. The highest BCUT2D eigenvalue weighted by molar-refractivity contribution is 7.99. The Hall–Kier alpha value is -0.750. The van der Waals surface area contributed by atoms with Gasteiger partial charge in [-0.05, 0) is 42.7 Å². The summed E-state index contributed by atoms with van der Waals surface area (Å²) in [7, 11) is 0. The molecule has 1 aromatic carbocycles. The second-order valence-corrected chi connectivity index (χ2v) is 7.00. The largest absolute Gasteiger partial charge is 0.374 e. The van der Waals surface area contributed by atoms with Crippen LogP contribution < -0.4 is 11.1 Å². The number of hydrogen-bond donors (Lipinski definition) is 2. The van der Waals surface area contributed by atoms with Crippen LogP contribution in [0.2, 0.25) is 0 Å². The Bertz CT molecular complexity index is 503. The average molecular weight is 343 g/mol. The van der Waals surface area contributed by atoms with E-state index in [0.717, 1.165) is 37.2 Å². The van der Waals surface area contributed by atoms with Gasteiger partial charge in [0.05, 0.1) is 5.60 Å². The standard InChI is InChI=1S/C16H22N2O2S.ClH/c17-10-12-1-3-13(4-2-12)15(19)18-14-5-7-20-16(9-14)6-8-21-11-16;/h1-4,14H,5-11,17H2,(H,18,19);1H. The highest BCUT2D eigenvalue weighted by atomic mass is 35.5. The molecule has 0 saturated carbocycles. The summed E-state index contributed by atoms with van der Waals surface area (Å²) in [4.78, 5) is 12.3. The van der Waals surface area contributed by atoms with Crippen LogP contribution in [0.4, 0.5) is 0 Å². The topological polar surface area (TPSA) is 64.4 Å². The van der Waals surface area contributed by atoms with Gasteiger partial charge in [-0.3, -0.25) is 4.79 Å². The number of nitrogens with two attached hydrogens (primary N) is 1. The van der Waals surface area contributed by atoms with Crippen LogP contribution in [0.3, 0.4) is 0 Å². The molecule has 6 heteroatoms. The van der Waals surface area contributed by atoms with E-state index in [1.54, 1.807) is 0 Å². The summed E-state index contributed by atoms with van der Waals surface area (Å²) in [5.74, 6) is 2.23. The molecule has 1 amide bonds. The van der Waals surface area contributed by atoms with E-state index in [1.165, 1.54) is 5.75 Å². The fourth-order valence-corrected chi connectivity index (χ4v) is 4.45. The van der Waals surface area contributed by atoms with E-state index >= 15 is 0 Å². The van der Waals surface area contributed by atoms with Crippen molar-refractivity contribution in [2.45, 2.75) is 37.5 Å². The first-order valence-electron chi connectivity index (χ1n) is 7.52. The van der Waals surface area contributed by atoms with Gasteiger partial charge in [0, 0.05) is 30.5 Å². The maximum absolute atomic E-state index is 12.3. The molecule has 122 valence electrons. The Labute approximate surface area is 142 Å². The molecule has 2 heterocycles. The highest BCUT2D eigenvalue weighted by Crippen LogP contribution is 2.38. The molecule has 1 aromatic rings. The van der Waals surface area contributed by atoms with Crippen molar-refractivity contribution in [3.05, 3.63) is 35.4 Å². The lowest BCUT2D eigenvalue weighted by Crippen LogP contribution is -2.48. The van der Waals surface area contributed by atoms with Gasteiger partial charge >= 0.3 is 0 Å². The summed E-state index contributed by atoms with van der Waals surface area (Å²) in [6, 6.07) is 7.73. The number of rotatable bonds is 3. The summed E-state index contributed by atoms with van der Waals surface area (Å²) < 4.78 is 5.99. The Morgan fingerprint density at radius 3 is 2.82 bits per heavy atom. The molecule has 2 fully saturated rings. The zero-order valence-corrected chi connectivity index (χ0v) is 14.2. The zero-order valence-electron chi connectivity index (χ0n) is 12.5. The summed E-state index contributed by atoms with van der Waals surface area (Å²) in [6.45, 7) is 1.25. The number of amides is 1. The maximum Gasteiger partial charge on any atom is 0.251 e. The molecule has 1 spiro atoms. The van der Waals surface area contributed by atoms with Gasteiger partial charge in [-0.25, -0.2) is 0 Å². The van der Waals surface area contributed by atoms with E-state index < -0.39 is 0 Å². The Morgan fingerprint density at radius 1 is 1.41 bits per heavy atom. The van der Waals surface area contributed by atoms with Crippen molar-refractivity contribution in [2.24, 2.45) is 5.73 Å². The lowest BCUT2D eigenvalue weighted by atomic mass is 9.89. The van der Waals surface area contributed by atoms with E-state index in [0.29, 0.717) is 12.1 Å². The first-order chi connectivity index (χ1) is 10.2. The minimum atomic E-state index is 0. The molecule has 2 aliphatic rings. The summed E-state index contributed by atoms with van der Waals surface area (Å²) >= 11 is 1.95. The summed E-state index contributed by atoms with van der Waals surface area (Å²) in [6.07, 6.45) is 2.95. The smallest absolute Gasteiger partial charge is 0.251 e. The van der Waals surface area contributed by atoms with Gasteiger partial charge < -0.3 is 15.8 Å². The van der Waals surface area contributed by atoms with Crippen LogP contribution in [0, 0.1) is 0 Å². The van der Waals surface area contributed by atoms with Crippen LogP contribution in [0.5, 0.6) is 0 Å². The van der Waals surface area contributed by atoms with Crippen LogP contribution in [-0.4, -0.2) is 35.7 Å². The highest BCUT2D eigenvalue weighted by Gasteiger charge is 2.40. The number of ether oxygens (including phenoxy) is 1. The number of thioether (sulfide) groups is 1. The van der Waals surface area contributed by atoms with Crippen molar-refractivity contribution >= 4 is 30.1 Å².